The van der Waals surface area contributed by atoms with Gasteiger partial charge in [0, 0.05) is 6.07 Å². The van der Waals surface area contributed by atoms with Gasteiger partial charge < -0.3 is 13.9 Å². The summed E-state index contributed by atoms with van der Waals surface area (Å²) >= 11 is 0. The lowest BCUT2D eigenvalue weighted by Crippen LogP contribution is -2.21. The number of furan rings is 1. The zero-order chi connectivity index (χ0) is 17.2. The number of anilines is 1. The van der Waals surface area contributed by atoms with Crippen molar-refractivity contribution in [3.8, 4) is 11.5 Å². The van der Waals surface area contributed by atoms with Crippen molar-refractivity contribution in [1.82, 2.24) is 5.43 Å². The Morgan fingerprint density at radius 3 is 2.71 bits per heavy atom. The highest BCUT2D eigenvalue weighted by Crippen LogP contribution is 2.37. The van der Waals surface area contributed by atoms with Gasteiger partial charge in [0.1, 0.15) is 5.76 Å². The van der Waals surface area contributed by atoms with Crippen LogP contribution in [0.1, 0.15) is 16.1 Å². The Bertz CT molecular complexity index is 889. The summed E-state index contributed by atoms with van der Waals surface area (Å²) in [6, 6.07) is 6.10. The average Bonchev–Trinajstić information content (AvgIpc) is 3.15. The van der Waals surface area contributed by atoms with Crippen LogP contribution in [0.2, 0.25) is 0 Å². The molecule has 9 nitrogen and oxygen atoms in total. The van der Waals surface area contributed by atoms with Crippen molar-refractivity contribution in [2.75, 3.05) is 17.8 Å². The second kappa shape index (κ2) is 6.24. The van der Waals surface area contributed by atoms with E-state index in [-0.39, 0.29) is 18.0 Å². The van der Waals surface area contributed by atoms with Crippen LogP contribution in [0.4, 0.5) is 5.69 Å². The monoisotopic (exact) mass is 351 g/mol. The minimum atomic E-state index is -3.59. The van der Waals surface area contributed by atoms with E-state index in [1.54, 1.807) is 12.1 Å². The summed E-state index contributed by atoms with van der Waals surface area (Å²) in [6.45, 7) is -0.00460. The van der Waals surface area contributed by atoms with Gasteiger partial charge in [0.05, 0.1) is 30.0 Å². The molecule has 3 rings (SSSR count). The van der Waals surface area contributed by atoms with Gasteiger partial charge in [0.25, 0.3) is 5.91 Å². The van der Waals surface area contributed by atoms with Crippen molar-refractivity contribution in [3.05, 3.63) is 41.9 Å². The van der Waals surface area contributed by atoms with Gasteiger partial charge in [0.2, 0.25) is 16.8 Å². The van der Waals surface area contributed by atoms with Gasteiger partial charge in [-0.2, -0.15) is 5.10 Å². The normalized spacial score (nSPS) is 13.2. The first-order valence-electron chi connectivity index (χ1n) is 6.71. The Kier molecular flexibility index (Phi) is 4.13. The van der Waals surface area contributed by atoms with E-state index in [1.165, 1.54) is 24.6 Å². The van der Waals surface area contributed by atoms with Crippen LogP contribution in [0.5, 0.6) is 11.5 Å². The number of nitrogens with zero attached hydrogens (tertiary/aromatic N) is 1. The lowest BCUT2D eigenvalue weighted by Gasteiger charge is -2.10. The molecule has 0 aliphatic carbocycles. The van der Waals surface area contributed by atoms with E-state index in [0.717, 1.165) is 6.26 Å². The van der Waals surface area contributed by atoms with E-state index in [1.807, 2.05) is 0 Å². The summed E-state index contributed by atoms with van der Waals surface area (Å²) in [7, 11) is -3.59. The predicted octanol–water partition coefficient (Wildman–Crippen LogP) is 1.14. The van der Waals surface area contributed by atoms with Gasteiger partial charge in [-0.1, -0.05) is 0 Å². The van der Waals surface area contributed by atoms with E-state index < -0.39 is 15.9 Å². The van der Waals surface area contributed by atoms with E-state index in [2.05, 4.69) is 15.2 Å². The molecular weight excluding hydrogens is 338 g/mol. The van der Waals surface area contributed by atoms with Crippen LogP contribution in [0, 0.1) is 0 Å². The van der Waals surface area contributed by atoms with Crippen molar-refractivity contribution in [1.29, 1.82) is 0 Å². The number of benzene rings is 1. The van der Waals surface area contributed by atoms with Gasteiger partial charge in [-0.05, 0) is 18.2 Å². The molecule has 1 aromatic heterocycles. The number of hydrazone groups is 1. The minimum Gasteiger partial charge on any atom is -0.463 e. The predicted molar refractivity (Wildman–Crippen MR) is 84.8 cm³/mol. The number of rotatable bonds is 5. The Morgan fingerprint density at radius 1 is 1.29 bits per heavy atom. The molecule has 1 aliphatic heterocycles. The van der Waals surface area contributed by atoms with Gasteiger partial charge in [0.15, 0.2) is 11.5 Å². The van der Waals surface area contributed by atoms with Crippen molar-refractivity contribution in [2.24, 2.45) is 5.10 Å². The molecular formula is C14H13N3O6S. The topological polar surface area (TPSA) is 119 Å². The number of amides is 1. The van der Waals surface area contributed by atoms with Crippen molar-refractivity contribution in [3.63, 3.8) is 0 Å². The summed E-state index contributed by atoms with van der Waals surface area (Å²) in [6.07, 6.45) is 3.76. The summed E-state index contributed by atoms with van der Waals surface area (Å²) in [4.78, 5) is 12.3. The highest BCUT2D eigenvalue weighted by molar-refractivity contribution is 7.92. The fourth-order valence-corrected chi connectivity index (χ4v) is 2.56. The average molecular weight is 351 g/mol. The number of carbonyl (C=O) groups is 1. The molecule has 2 heterocycles. The quantitative estimate of drug-likeness (QED) is 0.616. The van der Waals surface area contributed by atoms with Crippen molar-refractivity contribution in [2.45, 2.75) is 0 Å². The fraction of sp³-hybridized carbons (Fsp3) is 0.143. The maximum atomic E-state index is 12.3. The van der Waals surface area contributed by atoms with Crippen LogP contribution in [0.25, 0.3) is 0 Å². The number of nitrogens with one attached hydrogen (secondary N) is 2. The van der Waals surface area contributed by atoms with E-state index in [9.17, 15) is 13.2 Å². The highest BCUT2D eigenvalue weighted by Gasteiger charge is 2.22. The SMILES string of the molecule is CS(=O)(=O)Nc1cc2c(cc1C(=O)N/N=C/c1ccco1)OCO2. The molecule has 10 heteroatoms. The second-order valence-corrected chi connectivity index (χ2v) is 6.59. The molecule has 126 valence electrons. The number of sulfonamides is 1. The van der Waals surface area contributed by atoms with Crippen LogP contribution in [0.3, 0.4) is 0 Å². The molecule has 0 atom stereocenters. The largest absolute Gasteiger partial charge is 0.463 e. The summed E-state index contributed by atoms with van der Waals surface area (Å²) < 4.78 is 40.7. The molecule has 24 heavy (non-hydrogen) atoms. The first kappa shape index (κ1) is 15.9. The Labute approximate surface area is 137 Å². The molecule has 0 fully saturated rings. The molecule has 0 bridgehead atoms. The van der Waals surface area contributed by atoms with Crippen LogP contribution in [-0.2, 0) is 10.0 Å². The third kappa shape index (κ3) is 3.66. The number of carbonyl (C=O) groups excluding carboxylic acids is 1. The maximum Gasteiger partial charge on any atom is 0.273 e. The van der Waals surface area contributed by atoms with Crippen LogP contribution >= 0.6 is 0 Å². The van der Waals surface area contributed by atoms with Crippen LogP contribution in [0.15, 0.2) is 40.0 Å². The van der Waals surface area contributed by atoms with E-state index in [4.69, 9.17) is 13.9 Å². The standard InChI is InChI=1S/C14H13N3O6S/c1-24(19,20)17-11-6-13-12(22-8-23-13)5-10(11)14(18)16-15-7-9-3-2-4-21-9/h2-7,17H,8H2,1H3,(H,16,18)/b15-7+. The third-order valence-corrected chi connectivity index (χ3v) is 3.54. The van der Waals surface area contributed by atoms with Gasteiger partial charge in [-0.3, -0.25) is 9.52 Å². The molecule has 1 aromatic carbocycles. The minimum absolute atomic E-state index is 0.00460. The molecule has 2 N–H and O–H groups in total. The number of ether oxygens (including phenoxy) is 2. The Balaban J connectivity index is 1.86. The van der Waals surface area contributed by atoms with Crippen molar-refractivity contribution < 1.29 is 27.1 Å². The lowest BCUT2D eigenvalue weighted by molar-refractivity contribution is 0.0955. The first-order valence-corrected chi connectivity index (χ1v) is 8.60. The highest BCUT2D eigenvalue weighted by atomic mass is 32.2. The zero-order valence-corrected chi connectivity index (χ0v) is 13.3. The molecule has 1 aliphatic rings. The summed E-state index contributed by atoms with van der Waals surface area (Å²) in [5.74, 6) is 0.517. The molecule has 0 unspecified atom stereocenters. The van der Waals surface area contributed by atoms with Crippen LogP contribution < -0.4 is 19.6 Å². The number of fused-ring (bicyclic) bond motifs is 1. The fourth-order valence-electron chi connectivity index (χ4n) is 1.99. The molecule has 1 amide bonds. The molecule has 0 saturated heterocycles. The summed E-state index contributed by atoms with van der Waals surface area (Å²) in [5.41, 5.74) is 2.40. The molecule has 0 saturated carbocycles. The Hall–Kier alpha value is -3.01. The van der Waals surface area contributed by atoms with Gasteiger partial charge in [-0.15, -0.1) is 0 Å². The number of hydrogen-bond donors (Lipinski definition) is 2. The first-order chi connectivity index (χ1) is 11.4. The summed E-state index contributed by atoms with van der Waals surface area (Å²) in [5, 5.41) is 3.75. The van der Waals surface area contributed by atoms with E-state index in [0.29, 0.717) is 17.3 Å². The second-order valence-electron chi connectivity index (χ2n) is 4.84. The third-order valence-electron chi connectivity index (χ3n) is 2.95. The van der Waals surface area contributed by atoms with Gasteiger partial charge >= 0.3 is 0 Å². The Morgan fingerprint density at radius 2 is 2.04 bits per heavy atom. The number of hydrogen-bond acceptors (Lipinski definition) is 7. The van der Waals surface area contributed by atoms with Crippen molar-refractivity contribution >= 4 is 27.8 Å². The molecule has 2 aromatic rings. The maximum absolute atomic E-state index is 12.3. The molecule has 0 radical (unpaired) electrons. The zero-order valence-electron chi connectivity index (χ0n) is 12.5. The lowest BCUT2D eigenvalue weighted by atomic mass is 10.1. The van der Waals surface area contributed by atoms with E-state index >= 15 is 0 Å². The smallest absolute Gasteiger partial charge is 0.273 e. The van der Waals surface area contributed by atoms with Crippen LogP contribution in [-0.4, -0.2) is 33.6 Å². The van der Waals surface area contributed by atoms with Gasteiger partial charge in [-0.25, -0.2) is 13.8 Å². The molecule has 0 spiro atoms.